The summed E-state index contributed by atoms with van der Waals surface area (Å²) in [6.07, 6.45) is 3.94. The van der Waals surface area contributed by atoms with Crippen LogP contribution in [0.15, 0.2) is 24.3 Å². The lowest BCUT2D eigenvalue weighted by atomic mass is 10.1. The van der Waals surface area contributed by atoms with Crippen LogP contribution in [0.1, 0.15) is 51.2 Å². The molecule has 2 heteroatoms. The number of rotatable bonds is 8. The van der Waals surface area contributed by atoms with Crippen LogP contribution in [0.5, 0.6) is 0 Å². The van der Waals surface area contributed by atoms with Crippen molar-refractivity contribution in [3.63, 3.8) is 0 Å². The lowest BCUT2D eigenvalue weighted by molar-refractivity contribution is 0.206. The Balaban J connectivity index is 1.92. The lowest BCUT2D eigenvalue weighted by Crippen LogP contribution is -2.31. The van der Waals surface area contributed by atoms with Gasteiger partial charge in [0.25, 0.3) is 0 Å². The Morgan fingerprint density at radius 2 is 2.00 bits per heavy atom. The molecule has 1 atom stereocenters. The van der Waals surface area contributed by atoms with E-state index in [1.165, 1.54) is 30.4 Å². The van der Waals surface area contributed by atoms with Crippen LogP contribution in [0.3, 0.4) is 0 Å². The molecule has 0 saturated heterocycles. The average Bonchev–Trinajstić information content (AvgIpc) is 3.26. The van der Waals surface area contributed by atoms with Crippen LogP contribution in [0, 0.1) is 0 Å². The molecule has 1 aliphatic carbocycles. The highest BCUT2D eigenvalue weighted by Crippen LogP contribution is 2.19. The standard InChI is InChI=1S/C17H28N2/c1-4-14(3)19(5-2)13-16-8-6-7-15(11-16)12-18-17-9-10-17/h6-8,11,14,17-18H,4-5,9-10,12-13H2,1-3H3. The fourth-order valence-electron chi connectivity index (χ4n) is 2.46. The molecule has 0 radical (unpaired) electrons. The summed E-state index contributed by atoms with van der Waals surface area (Å²) >= 11 is 0. The predicted octanol–water partition coefficient (Wildman–Crippen LogP) is 3.56. The van der Waals surface area contributed by atoms with E-state index in [1.54, 1.807) is 0 Å². The Morgan fingerprint density at radius 1 is 1.26 bits per heavy atom. The van der Waals surface area contributed by atoms with Gasteiger partial charge in [-0.05, 0) is 43.9 Å². The molecule has 1 unspecified atom stereocenters. The second kappa shape index (κ2) is 7.06. The van der Waals surface area contributed by atoms with E-state index in [1.807, 2.05) is 0 Å². The topological polar surface area (TPSA) is 15.3 Å². The van der Waals surface area contributed by atoms with E-state index >= 15 is 0 Å². The van der Waals surface area contributed by atoms with Gasteiger partial charge in [0.2, 0.25) is 0 Å². The summed E-state index contributed by atoms with van der Waals surface area (Å²) in [7, 11) is 0. The molecule has 0 aromatic heterocycles. The Labute approximate surface area is 118 Å². The Bertz CT molecular complexity index is 385. The maximum absolute atomic E-state index is 3.59. The highest BCUT2D eigenvalue weighted by Gasteiger charge is 2.19. The van der Waals surface area contributed by atoms with Crippen LogP contribution < -0.4 is 5.32 Å². The van der Waals surface area contributed by atoms with Gasteiger partial charge < -0.3 is 5.32 Å². The Morgan fingerprint density at radius 3 is 2.63 bits per heavy atom. The van der Waals surface area contributed by atoms with Gasteiger partial charge in [0, 0.05) is 25.2 Å². The summed E-state index contributed by atoms with van der Waals surface area (Å²) in [6, 6.07) is 10.5. The summed E-state index contributed by atoms with van der Waals surface area (Å²) in [5.74, 6) is 0. The van der Waals surface area contributed by atoms with Crippen LogP contribution in [0.4, 0.5) is 0 Å². The van der Waals surface area contributed by atoms with Gasteiger partial charge in [0.05, 0.1) is 0 Å². The van der Waals surface area contributed by atoms with Crippen LogP contribution in [-0.4, -0.2) is 23.5 Å². The molecular formula is C17H28N2. The lowest BCUT2D eigenvalue weighted by Gasteiger charge is -2.27. The largest absolute Gasteiger partial charge is 0.310 e. The maximum Gasteiger partial charge on any atom is 0.0236 e. The SMILES string of the molecule is CCC(C)N(CC)Cc1cccc(CNC2CC2)c1. The summed E-state index contributed by atoms with van der Waals surface area (Å²) in [6.45, 7) is 10.1. The van der Waals surface area contributed by atoms with Crippen molar-refractivity contribution in [2.75, 3.05) is 6.54 Å². The molecule has 1 aliphatic rings. The third-order valence-electron chi connectivity index (χ3n) is 4.17. The second-order valence-electron chi connectivity index (χ2n) is 5.80. The summed E-state index contributed by atoms with van der Waals surface area (Å²) < 4.78 is 0. The first kappa shape index (κ1) is 14.5. The first-order chi connectivity index (χ1) is 9.22. The summed E-state index contributed by atoms with van der Waals surface area (Å²) in [4.78, 5) is 2.55. The molecule has 0 heterocycles. The van der Waals surface area contributed by atoms with E-state index in [0.717, 1.165) is 25.7 Å². The smallest absolute Gasteiger partial charge is 0.0236 e. The second-order valence-corrected chi connectivity index (χ2v) is 5.80. The first-order valence-electron chi connectivity index (χ1n) is 7.78. The van der Waals surface area contributed by atoms with Crippen molar-refractivity contribution in [3.05, 3.63) is 35.4 Å². The van der Waals surface area contributed by atoms with Gasteiger partial charge >= 0.3 is 0 Å². The van der Waals surface area contributed by atoms with E-state index in [2.05, 4.69) is 55.3 Å². The highest BCUT2D eigenvalue weighted by atomic mass is 15.1. The Hall–Kier alpha value is -0.860. The first-order valence-corrected chi connectivity index (χ1v) is 7.78. The molecule has 1 aromatic rings. The molecule has 2 rings (SSSR count). The van der Waals surface area contributed by atoms with Gasteiger partial charge in [0.1, 0.15) is 0 Å². The molecule has 0 spiro atoms. The minimum absolute atomic E-state index is 0.665. The molecule has 1 N–H and O–H groups in total. The van der Waals surface area contributed by atoms with E-state index in [0.29, 0.717) is 6.04 Å². The quantitative estimate of drug-likeness (QED) is 0.769. The van der Waals surface area contributed by atoms with Crippen molar-refractivity contribution in [2.45, 2.75) is 65.2 Å². The summed E-state index contributed by atoms with van der Waals surface area (Å²) in [5.41, 5.74) is 2.86. The number of benzene rings is 1. The van der Waals surface area contributed by atoms with Crippen molar-refractivity contribution in [3.8, 4) is 0 Å². The van der Waals surface area contributed by atoms with Crippen molar-refractivity contribution < 1.29 is 0 Å². The van der Waals surface area contributed by atoms with E-state index in [9.17, 15) is 0 Å². The van der Waals surface area contributed by atoms with E-state index in [-0.39, 0.29) is 0 Å². The monoisotopic (exact) mass is 260 g/mol. The maximum atomic E-state index is 3.59. The zero-order valence-corrected chi connectivity index (χ0v) is 12.7. The van der Waals surface area contributed by atoms with Crippen molar-refractivity contribution >= 4 is 0 Å². The number of hydrogen-bond acceptors (Lipinski definition) is 2. The minimum Gasteiger partial charge on any atom is -0.310 e. The molecule has 1 fully saturated rings. The van der Waals surface area contributed by atoms with Gasteiger partial charge in [0.15, 0.2) is 0 Å². The molecule has 0 bridgehead atoms. The molecule has 2 nitrogen and oxygen atoms in total. The molecule has 0 amide bonds. The van der Waals surface area contributed by atoms with Gasteiger partial charge in [-0.25, -0.2) is 0 Å². The van der Waals surface area contributed by atoms with Crippen LogP contribution >= 0.6 is 0 Å². The predicted molar refractivity (Wildman–Crippen MR) is 82.1 cm³/mol. The Kier molecular flexibility index (Phi) is 5.41. The zero-order valence-electron chi connectivity index (χ0n) is 12.7. The minimum atomic E-state index is 0.665. The van der Waals surface area contributed by atoms with Gasteiger partial charge in [-0.1, -0.05) is 38.1 Å². The van der Waals surface area contributed by atoms with Gasteiger partial charge in [-0.3, -0.25) is 4.90 Å². The molecule has 1 aromatic carbocycles. The van der Waals surface area contributed by atoms with Gasteiger partial charge in [-0.2, -0.15) is 0 Å². The fourth-order valence-corrected chi connectivity index (χ4v) is 2.46. The molecular weight excluding hydrogens is 232 g/mol. The number of nitrogens with one attached hydrogen (secondary N) is 1. The molecule has 1 saturated carbocycles. The third kappa shape index (κ3) is 4.63. The molecule has 106 valence electrons. The molecule has 0 aliphatic heterocycles. The average molecular weight is 260 g/mol. The third-order valence-corrected chi connectivity index (χ3v) is 4.17. The zero-order chi connectivity index (χ0) is 13.7. The number of hydrogen-bond donors (Lipinski definition) is 1. The van der Waals surface area contributed by atoms with Crippen molar-refractivity contribution in [1.82, 2.24) is 10.2 Å². The van der Waals surface area contributed by atoms with E-state index < -0.39 is 0 Å². The normalized spacial score (nSPS) is 16.8. The highest BCUT2D eigenvalue weighted by molar-refractivity contribution is 5.23. The van der Waals surface area contributed by atoms with Crippen molar-refractivity contribution in [1.29, 1.82) is 0 Å². The number of nitrogens with zero attached hydrogens (tertiary/aromatic N) is 1. The fraction of sp³-hybridized carbons (Fsp3) is 0.647. The van der Waals surface area contributed by atoms with Crippen LogP contribution in [0.25, 0.3) is 0 Å². The van der Waals surface area contributed by atoms with E-state index in [4.69, 9.17) is 0 Å². The van der Waals surface area contributed by atoms with Crippen molar-refractivity contribution in [2.24, 2.45) is 0 Å². The molecule has 19 heavy (non-hydrogen) atoms. The van der Waals surface area contributed by atoms with Crippen LogP contribution in [0.2, 0.25) is 0 Å². The van der Waals surface area contributed by atoms with Gasteiger partial charge in [-0.15, -0.1) is 0 Å². The summed E-state index contributed by atoms with van der Waals surface area (Å²) in [5, 5.41) is 3.59. The van der Waals surface area contributed by atoms with Crippen LogP contribution in [-0.2, 0) is 13.1 Å².